The van der Waals surface area contributed by atoms with Crippen LogP contribution >= 0.6 is 15.9 Å². The molecule has 1 aromatic heterocycles. The smallest absolute Gasteiger partial charge is 0.323 e. The second kappa shape index (κ2) is 7.01. The molecule has 1 fully saturated rings. The molecule has 1 aliphatic rings. The number of rotatable bonds is 4. The van der Waals surface area contributed by atoms with Crippen LogP contribution in [-0.2, 0) is 4.79 Å². The summed E-state index contributed by atoms with van der Waals surface area (Å²) >= 11 is 3.45. The summed E-state index contributed by atoms with van der Waals surface area (Å²) in [4.78, 5) is 31.6. The molecule has 3 rings (SSSR count). The first-order valence-electron chi connectivity index (χ1n) is 8.41. The second-order valence-corrected chi connectivity index (χ2v) is 7.66. The Kier molecular flexibility index (Phi) is 4.99. The Hall–Kier alpha value is -1.76. The third-order valence-corrected chi connectivity index (χ3v) is 5.90. The van der Waals surface area contributed by atoms with E-state index in [1.165, 1.54) is 6.42 Å². The van der Waals surface area contributed by atoms with Crippen molar-refractivity contribution in [3.05, 3.63) is 22.6 Å². The van der Waals surface area contributed by atoms with Crippen molar-refractivity contribution in [3.8, 4) is 0 Å². The number of fused-ring (bicyclic) bond motifs is 1. The topological polar surface area (TPSA) is 81.0 Å². The third kappa shape index (κ3) is 3.50. The Labute approximate surface area is 149 Å². The summed E-state index contributed by atoms with van der Waals surface area (Å²) in [6, 6.07) is 3.79. The quantitative estimate of drug-likeness (QED) is 0.696. The average molecular weight is 395 g/mol. The Morgan fingerprint density at radius 2 is 1.79 bits per heavy atom. The van der Waals surface area contributed by atoms with Crippen molar-refractivity contribution >= 4 is 44.2 Å². The van der Waals surface area contributed by atoms with Crippen LogP contribution in [0, 0.1) is 5.92 Å². The fourth-order valence-corrected chi connectivity index (χ4v) is 3.19. The SMILES string of the molecule is CC(C)[C@@H](Br)C(=O)Nc1cc2[nH]c(=O)[nH]c2cc1N1CCCCC1. The number of anilines is 2. The van der Waals surface area contributed by atoms with Crippen LogP contribution in [0.5, 0.6) is 0 Å². The first-order chi connectivity index (χ1) is 11.5. The number of aromatic nitrogens is 2. The number of halogens is 1. The number of imidazole rings is 1. The van der Waals surface area contributed by atoms with E-state index >= 15 is 0 Å². The molecule has 1 atom stereocenters. The molecule has 2 heterocycles. The van der Waals surface area contributed by atoms with Crippen molar-refractivity contribution in [1.82, 2.24) is 9.97 Å². The number of alkyl halides is 1. The molecule has 24 heavy (non-hydrogen) atoms. The number of piperidine rings is 1. The van der Waals surface area contributed by atoms with Gasteiger partial charge in [-0.25, -0.2) is 4.79 Å². The predicted octanol–water partition coefficient (Wildman–Crippen LogP) is 3.20. The normalized spacial score (nSPS) is 16.6. The summed E-state index contributed by atoms with van der Waals surface area (Å²) in [7, 11) is 0. The van der Waals surface area contributed by atoms with Crippen LogP contribution in [0.1, 0.15) is 33.1 Å². The van der Waals surface area contributed by atoms with Crippen LogP contribution in [0.3, 0.4) is 0 Å². The van der Waals surface area contributed by atoms with Gasteiger partial charge in [0.05, 0.1) is 27.2 Å². The van der Waals surface area contributed by atoms with Crippen LogP contribution in [0.15, 0.2) is 16.9 Å². The molecule has 130 valence electrons. The molecule has 0 aliphatic carbocycles. The van der Waals surface area contributed by atoms with Gasteiger partial charge in [-0.3, -0.25) is 4.79 Å². The van der Waals surface area contributed by atoms with Crippen LogP contribution < -0.4 is 15.9 Å². The first-order valence-corrected chi connectivity index (χ1v) is 9.33. The number of aromatic amines is 2. The van der Waals surface area contributed by atoms with E-state index < -0.39 is 0 Å². The van der Waals surface area contributed by atoms with E-state index in [2.05, 4.69) is 36.1 Å². The van der Waals surface area contributed by atoms with E-state index in [4.69, 9.17) is 0 Å². The van der Waals surface area contributed by atoms with E-state index in [1.54, 1.807) is 0 Å². The zero-order valence-electron chi connectivity index (χ0n) is 14.0. The van der Waals surface area contributed by atoms with E-state index in [0.717, 1.165) is 42.8 Å². The standard InChI is InChI=1S/C17H23BrN4O2/c1-10(2)15(18)16(23)19-13-8-11-12(21-17(24)20-11)9-14(13)22-6-4-3-5-7-22/h8-10,15H,3-7H2,1-2H3,(H,19,23)(H2,20,21,24)/t15-/m1/s1. The third-order valence-electron chi connectivity index (χ3n) is 4.42. The lowest BCUT2D eigenvalue weighted by molar-refractivity contribution is -0.116. The molecule has 0 radical (unpaired) electrons. The van der Waals surface area contributed by atoms with Gasteiger partial charge in [0.1, 0.15) is 0 Å². The summed E-state index contributed by atoms with van der Waals surface area (Å²) in [5.41, 5.74) is 2.94. The fraction of sp³-hybridized carbons (Fsp3) is 0.529. The van der Waals surface area contributed by atoms with Crippen molar-refractivity contribution < 1.29 is 4.79 Å². The molecule has 2 aromatic rings. The number of amides is 1. The van der Waals surface area contributed by atoms with Gasteiger partial charge in [-0.2, -0.15) is 0 Å². The maximum absolute atomic E-state index is 12.5. The van der Waals surface area contributed by atoms with E-state index in [9.17, 15) is 9.59 Å². The van der Waals surface area contributed by atoms with Gasteiger partial charge in [-0.05, 0) is 37.3 Å². The van der Waals surface area contributed by atoms with Gasteiger partial charge in [-0.15, -0.1) is 0 Å². The molecule has 0 unspecified atom stereocenters. The van der Waals surface area contributed by atoms with Gasteiger partial charge in [0.25, 0.3) is 0 Å². The molecular formula is C17H23BrN4O2. The van der Waals surface area contributed by atoms with Gasteiger partial charge < -0.3 is 20.2 Å². The number of nitrogens with zero attached hydrogens (tertiary/aromatic N) is 1. The maximum Gasteiger partial charge on any atom is 0.323 e. The number of H-pyrrole nitrogens is 2. The summed E-state index contributed by atoms with van der Waals surface area (Å²) in [6.45, 7) is 5.92. The molecule has 0 saturated carbocycles. The Balaban J connectivity index is 1.99. The number of hydrogen-bond donors (Lipinski definition) is 3. The fourth-order valence-electron chi connectivity index (χ4n) is 3.07. The Morgan fingerprint density at radius 1 is 1.17 bits per heavy atom. The van der Waals surface area contributed by atoms with Crippen LogP contribution in [0.4, 0.5) is 11.4 Å². The molecule has 0 bridgehead atoms. The van der Waals surface area contributed by atoms with Crippen LogP contribution in [0.2, 0.25) is 0 Å². The number of carbonyl (C=O) groups is 1. The zero-order chi connectivity index (χ0) is 17.3. The molecule has 6 nitrogen and oxygen atoms in total. The minimum Gasteiger partial charge on any atom is -0.370 e. The molecule has 0 spiro atoms. The number of nitrogens with one attached hydrogen (secondary N) is 3. The average Bonchev–Trinajstić information content (AvgIpc) is 2.93. The highest BCUT2D eigenvalue weighted by Crippen LogP contribution is 2.32. The Bertz CT molecular complexity index is 789. The summed E-state index contributed by atoms with van der Waals surface area (Å²) in [5.74, 6) is 0.125. The lowest BCUT2D eigenvalue weighted by Crippen LogP contribution is -2.32. The van der Waals surface area contributed by atoms with Crippen LogP contribution in [0.25, 0.3) is 11.0 Å². The molecule has 7 heteroatoms. The highest BCUT2D eigenvalue weighted by Gasteiger charge is 2.22. The number of benzene rings is 1. The van der Waals surface area contributed by atoms with Crippen molar-refractivity contribution in [1.29, 1.82) is 0 Å². The van der Waals surface area contributed by atoms with Crippen molar-refractivity contribution in [3.63, 3.8) is 0 Å². The second-order valence-electron chi connectivity index (χ2n) is 6.68. The predicted molar refractivity (Wildman–Crippen MR) is 101 cm³/mol. The van der Waals surface area contributed by atoms with Gasteiger partial charge in [-0.1, -0.05) is 29.8 Å². The summed E-state index contributed by atoms with van der Waals surface area (Å²) < 4.78 is 0. The maximum atomic E-state index is 12.5. The van der Waals surface area contributed by atoms with Crippen LogP contribution in [-0.4, -0.2) is 33.8 Å². The van der Waals surface area contributed by atoms with E-state index in [-0.39, 0.29) is 22.3 Å². The zero-order valence-corrected chi connectivity index (χ0v) is 15.6. The molecular weight excluding hydrogens is 372 g/mol. The molecule has 1 amide bonds. The van der Waals surface area contributed by atoms with E-state index in [0.29, 0.717) is 5.52 Å². The largest absolute Gasteiger partial charge is 0.370 e. The lowest BCUT2D eigenvalue weighted by Gasteiger charge is -2.31. The van der Waals surface area contributed by atoms with Gasteiger partial charge in [0.15, 0.2) is 0 Å². The molecule has 1 aliphatic heterocycles. The summed E-state index contributed by atoms with van der Waals surface area (Å²) in [5, 5.41) is 3.03. The number of hydrogen-bond acceptors (Lipinski definition) is 3. The van der Waals surface area contributed by atoms with Gasteiger partial charge in [0.2, 0.25) is 5.91 Å². The molecule has 3 N–H and O–H groups in total. The van der Waals surface area contributed by atoms with Crippen molar-refractivity contribution in [2.45, 2.75) is 37.9 Å². The monoisotopic (exact) mass is 394 g/mol. The van der Waals surface area contributed by atoms with Crippen molar-refractivity contribution in [2.75, 3.05) is 23.3 Å². The molecule has 1 saturated heterocycles. The lowest BCUT2D eigenvalue weighted by atomic mass is 10.1. The van der Waals surface area contributed by atoms with Crippen molar-refractivity contribution in [2.24, 2.45) is 5.92 Å². The minimum atomic E-state index is -0.257. The number of carbonyl (C=O) groups excluding carboxylic acids is 1. The highest BCUT2D eigenvalue weighted by molar-refractivity contribution is 9.10. The molecule has 1 aromatic carbocycles. The van der Waals surface area contributed by atoms with Gasteiger partial charge in [0, 0.05) is 13.1 Å². The van der Waals surface area contributed by atoms with E-state index in [1.807, 2.05) is 26.0 Å². The minimum absolute atomic E-state index is 0.0690. The highest BCUT2D eigenvalue weighted by atomic mass is 79.9. The summed E-state index contributed by atoms with van der Waals surface area (Å²) in [6.07, 6.45) is 3.52. The van der Waals surface area contributed by atoms with Gasteiger partial charge >= 0.3 is 5.69 Å². The Morgan fingerprint density at radius 3 is 2.42 bits per heavy atom. The first kappa shape index (κ1) is 17.1.